The Hall–Kier alpha value is -2.30. The van der Waals surface area contributed by atoms with Crippen LogP contribution in [-0.2, 0) is 4.79 Å². The number of halogens is 2. The third kappa shape index (κ3) is 2.83. The molecule has 1 heterocycles. The highest BCUT2D eigenvalue weighted by atomic mass is 35.5. The molecule has 1 aliphatic rings. The molecule has 0 atom stereocenters. The van der Waals surface area contributed by atoms with Crippen LogP contribution in [0.3, 0.4) is 0 Å². The zero-order valence-corrected chi connectivity index (χ0v) is 13.5. The lowest BCUT2D eigenvalue weighted by Crippen LogP contribution is -2.06. The van der Waals surface area contributed by atoms with Crippen molar-refractivity contribution in [2.24, 2.45) is 0 Å². The van der Waals surface area contributed by atoms with Gasteiger partial charge in [0, 0.05) is 11.1 Å². The van der Waals surface area contributed by atoms with Crippen LogP contribution in [0.25, 0.3) is 5.57 Å². The first-order valence-electron chi connectivity index (χ1n) is 6.71. The highest BCUT2D eigenvalue weighted by Crippen LogP contribution is 2.41. The van der Waals surface area contributed by atoms with E-state index >= 15 is 0 Å². The molecule has 23 heavy (non-hydrogen) atoms. The van der Waals surface area contributed by atoms with Gasteiger partial charge < -0.3 is 10.1 Å². The van der Waals surface area contributed by atoms with Crippen LogP contribution >= 0.6 is 23.2 Å². The van der Waals surface area contributed by atoms with Gasteiger partial charge in [-0.05, 0) is 42.5 Å². The lowest BCUT2D eigenvalue weighted by molar-refractivity contribution is -0.110. The van der Waals surface area contributed by atoms with Crippen molar-refractivity contribution < 1.29 is 14.3 Å². The second-order valence-electron chi connectivity index (χ2n) is 4.88. The molecule has 0 aliphatic carbocycles. The van der Waals surface area contributed by atoms with Gasteiger partial charge in [0.1, 0.15) is 5.75 Å². The van der Waals surface area contributed by atoms with Gasteiger partial charge in [0.2, 0.25) is 0 Å². The van der Waals surface area contributed by atoms with Crippen LogP contribution in [0, 0.1) is 0 Å². The SMILES string of the molecule is COc1ccc(C(=O)C=C2C(=O)Nc3c(Cl)ccc(Cl)c32)cc1. The zero-order chi connectivity index (χ0) is 16.6. The predicted molar refractivity (Wildman–Crippen MR) is 90.4 cm³/mol. The smallest absolute Gasteiger partial charge is 0.256 e. The highest BCUT2D eigenvalue weighted by molar-refractivity contribution is 6.45. The summed E-state index contributed by atoms with van der Waals surface area (Å²) < 4.78 is 5.05. The molecule has 3 rings (SSSR count). The minimum atomic E-state index is -0.406. The molecular formula is C17H11Cl2NO3. The van der Waals surface area contributed by atoms with E-state index in [-0.39, 0.29) is 11.4 Å². The molecule has 0 saturated carbocycles. The summed E-state index contributed by atoms with van der Waals surface area (Å²) in [5.41, 5.74) is 1.52. The molecule has 0 unspecified atom stereocenters. The molecule has 0 saturated heterocycles. The molecular weight excluding hydrogens is 337 g/mol. The molecule has 1 amide bonds. The molecule has 0 aromatic heterocycles. The summed E-state index contributed by atoms with van der Waals surface area (Å²) in [6.07, 6.45) is 1.27. The molecule has 0 spiro atoms. The molecule has 0 fully saturated rings. The molecule has 6 heteroatoms. The first kappa shape index (κ1) is 15.6. The molecule has 116 valence electrons. The van der Waals surface area contributed by atoms with Crippen molar-refractivity contribution in [2.45, 2.75) is 0 Å². The minimum Gasteiger partial charge on any atom is -0.497 e. The minimum absolute atomic E-state index is 0.202. The molecule has 1 N–H and O–H groups in total. The predicted octanol–water partition coefficient (Wildman–Crippen LogP) is 4.22. The molecule has 2 aromatic rings. The Balaban J connectivity index is 2.02. The molecule has 1 aliphatic heterocycles. The average Bonchev–Trinajstić information content (AvgIpc) is 2.89. The van der Waals surface area contributed by atoms with Crippen molar-refractivity contribution in [3.05, 3.63) is 63.6 Å². The van der Waals surface area contributed by atoms with Crippen molar-refractivity contribution in [2.75, 3.05) is 12.4 Å². The van der Waals surface area contributed by atoms with Gasteiger partial charge >= 0.3 is 0 Å². The maximum atomic E-state index is 12.4. The molecule has 2 aromatic carbocycles. The van der Waals surface area contributed by atoms with Crippen molar-refractivity contribution in [3.63, 3.8) is 0 Å². The maximum Gasteiger partial charge on any atom is 0.256 e. The Labute approximate surface area is 142 Å². The van der Waals surface area contributed by atoms with Crippen molar-refractivity contribution >= 4 is 46.2 Å². The van der Waals surface area contributed by atoms with Crippen LogP contribution in [0.2, 0.25) is 10.0 Å². The largest absolute Gasteiger partial charge is 0.497 e. The number of rotatable bonds is 3. The van der Waals surface area contributed by atoms with Crippen LogP contribution in [0.5, 0.6) is 5.75 Å². The van der Waals surface area contributed by atoms with Gasteiger partial charge in [0.15, 0.2) is 5.78 Å². The van der Waals surface area contributed by atoms with Gasteiger partial charge in [-0.3, -0.25) is 9.59 Å². The lowest BCUT2D eigenvalue weighted by Gasteiger charge is -2.04. The summed E-state index contributed by atoms with van der Waals surface area (Å²) in [5.74, 6) is -0.0634. The van der Waals surface area contributed by atoms with Gasteiger partial charge in [0.05, 0.1) is 28.4 Å². The fraction of sp³-hybridized carbons (Fsp3) is 0.0588. The first-order valence-corrected chi connectivity index (χ1v) is 7.46. The lowest BCUT2D eigenvalue weighted by atomic mass is 10.0. The summed E-state index contributed by atoms with van der Waals surface area (Å²) in [6.45, 7) is 0. The van der Waals surface area contributed by atoms with E-state index in [2.05, 4.69) is 5.32 Å². The fourth-order valence-electron chi connectivity index (χ4n) is 2.34. The van der Waals surface area contributed by atoms with Gasteiger partial charge in [0.25, 0.3) is 5.91 Å². The van der Waals surface area contributed by atoms with Gasteiger partial charge in [-0.25, -0.2) is 0 Å². The Morgan fingerprint density at radius 1 is 1.09 bits per heavy atom. The normalized spacial score (nSPS) is 14.6. The van der Waals surface area contributed by atoms with Gasteiger partial charge in [-0.15, -0.1) is 0 Å². The summed E-state index contributed by atoms with van der Waals surface area (Å²) in [4.78, 5) is 24.5. The Morgan fingerprint density at radius 3 is 2.39 bits per heavy atom. The summed E-state index contributed by atoms with van der Waals surface area (Å²) in [7, 11) is 1.55. The second-order valence-corrected chi connectivity index (χ2v) is 5.70. The van der Waals surface area contributed by atoms with E-state index in [1.54, 1.807) is 43.5 Å². The number of hydrogen-bond acceptors (Lipinski definition) is 3. The number of carbonyl (C=O) groups is 2. The molecule has 0 radical (unpaired) electrons. The Kier molecular flexibility index (Phi) is 4.11. The second kappa shape index (κ2) is 6.07. The van der Waals surface area contributed by atoms with Crippen LogP contribution in [-0.4, -0.2) is 18.8 Å². The van der Waals surface area contributed by atoms with E-state index in [0.29, 0.717) is 32.6 Å². The van der Waals surface area contributed by atoms with Crippen LogP contribution in [0.4, 0.5) is 5.69 Å². The van der Waals surface area contributed by atoms with Gasteiger partial charge in [-0.2, -0.15) is 0 Å². The Bertz CT molecular complexity index is 842. The number of ether oxygens (including phenoxy) is 1. The third-order valence-corrected chi connectivity index (χ3v) is 4.14. The topological polar surface area (TPSA) is 55.4 Å². The third-order valence-electron chi connectivity index (χ3n) is 3.51. The van der Waals surface area contributed by atoms with E-state index in [9.17, 15) is 9.59 Å². The number of methoxy groups -OCH3 is 1. The number of benzene rings is 2. The van der Waals surface area contributed by atoms with Crippen LogP contribution < -0.4 is 10.1 Å². The molecule has 4 nitrogen and oxygen atoms in total. The molecule has 0 bridgehead atoms. The monoisotopic (exact) mass is 347 g/mol. The van der Waals surface area contributed by atoms with E-state index < -0.39 is 5.91 Å². The van der Waals surface area contributed by atoms with E-state index in [0.717, 1.165) is 0 Å². The number of amides is 1. The number of allylic oxidation sites excluding steroid dienone is 1. The Morgan fingerprint density at radius 2 is 1.74 bits per heavy atom. The van der Waals surface area contributed by atoms with Crippen molar-refractivity contribution in [1.29, 1.82) is 0 Å². The summed E-state index contributed by atoms with van der Waals surface area (Å²) >= 11 is 12.2. The van der Waals surface area contributed by atoms with Crippen LogP contribution in [0.15, 0.2) is 42.5 Å². The number of ketones is 1. The quantitative estimate of drug-likeness (QED) is 0.667. The standard InChI is InChI=1S/C17H11Cl2NO3/c1-23-10-4-2-9(3-5-10)14(21)8-11-15-12(18)6-7-13(19)16(15)20-17(11)22/h2-8H,1H3,(H,20,22). The van der Waals surface area contributed by atoms with Gasteiger partial charge in [-0.1, -0.05) is 23.2 Å². The average molecular weight is 348 g/mol. The first-order chi connectivity index (χ1) is 11.0. The van der Waals surface area contributed by atoms with E-state index in [1.165, 1.54) is 6.08 Å². The zero-order valence-electron chi connectivity index (χ0n) is 12.0. The number of hydrogen-bond donors (Lipinski definition) is 1. The highest BCUT2D eigenvalue weighted by Gasteiger charge is 2.29. The number of nitrogens with one attached hydrogen (secondary N) is 1. The van der Waals surface area contributed by atoms with E-state index in [4.69, 9.17) is 27.9 Å². The van der Waals surface area contributed by atoms with Crippen LogP contribution in [0.1, 0.15) is 15.9 Å². The summed E-state index contributed by atoms with van der Waals surface area (Å²) in [5, 5.41) is 3.37. The number of anilines is 1. The number of fused-ring (bicyclic) bond motifs is 1. The van der Waals surface area contributed by atoms with Crippen molar-refractivity contribution in [1.82, 2.24) is 0 Å². The fourth-order valence-corrected chi connectivity index (χ4v) is 2.80. The van der Waals surface area contributed by atoms with E-state index in [1.807, 2.05) is 0 Å². The number of carbonyl (C=O) groups excluding carboxylic acids is 2. The summed E-state index contributed by atoms with van der Waals surface area (Å²) in [6, 6.07) is 9.81. The van der Waals surface area contributed by atoms with Crippen molar-refractivity contribution in [3.8, 4) is 5.75 Å². The maximum absolute atomic E-state index is 12.4.